The number of carbonyl (C=O) groups excluding carboxylic acids is 1. The van der Waals surface area contributed by atoms with E-state index in [2.05, 4.69) is 40.5 Å². The van der Waals surface area contributed by atoms with Crippen molar-refractivity contribution in [3.8, 4) is 0 Å². The SMILES string of the molecule is O=C1CC2(CCCN(Cc3ccccc3)CC2)CN1. The summed E-state index contributed by atoms with van der Waals surface area (Å²) in [5.74, 6) is 0.247. The van der Waals surface area contributed by atoms with Gasteiger partial charge in [0.15, 0.2) is 0 Å². The van der Waals surface area contributed by atoms with Crippen molar-refractivity contribution >= 4 is 5.91 Å². The van der Waals surface area contributed by atoms with Gasteiger partial charge in [0, 0.05) is 19.5 Å². The summed E-state index contributed by atoms with van der Waals surface area (Å²) in [5.41, 5.74) is 1.64. The van der Waals surface area contributed by atoms with Gasteiger partial charge in [0.2, 0.25) is 5.91 Å². The molecule has 2 saturated heterocycles. The number of benzene rings is 1. The normalized spacial score (nSPS) is 28.3. The highest BCUT2D eigenvalue weighted by molar-refractivity contribution is 5.79. The molecule has 1 amide bonds. The number of hydrogen-bond acceptors (Lipinski definition) is 2. The third kappa shape index (κ3) is 2.98. The molecule has 2 heterocycles. The molecule has 1 aromatic rings. The Morgan fingerprint density at radius 2 is 2.00 bits per heavy atom. The molecule has 1 aromatic carbocycles. The predicted octanol–water partition coefficient (Wildman–Crippen LogP) is 2.18. The van der Waals surface area contributed by atoms with Gasteiger partial charge in [-0.2, -0.15) is 0 Å². The average molecular weight is 258 g/mol. The first kappa shape index (κ1) is 12.7. The summed E-state index contributed by atoms with van der Waals surface area (Å²) >= 11 is 0. The molecule has 2 fully saturated rings. The molecule has 1 atom stereocenters. The van der Waals surface area contributed by atoms with Crippen molar-refractivity contribution in [1.29, 1.82) is 0 Å². The van der Waals surface area contributed by atoms with Crippen LogP contribution in [-0.4, -0.2) is 30.4 Å². The van der Waals surface area contributed by atoms with Crippen molar-refractivity contribution in [3.05, 3.63) is 35.9 Å². The van der Waals surface area contributed by atoms with Crippen LogP contribution in [0.25, 0.3) is 0 Å². The Bertz CT molecular complexity index is 445. The number of amides is 1. The molecule has 0 saturated carbocycles. The third-order valence-corrected chi connectivity index (χ3v) is 4.58. The molecule has 1 unspecified atom stereocenters. The molecule has 19 heavy (non-hydrogen) atoms. The summed E-state index contributed by atoms with van der Waals surface area (Å²) in [5, 5.41) is 3.01. The van der Waals surface area contributed by atoms with E-state index >= 15 is 0 Å². The lowest BCUT2D eigenvalue weighted by atomic mass is 9.80. The van der Waals surface area contributed by atoms with Crippen molar-refractivity contribution in [3.63, 3.8) is 0 Å². The molecule has 2 aliphatic heterocycles. The molecule has 2 aliphatic rings. The van der Waals surface area contributed by atoms with Crippen molar-refractivity contribution < 1.29 is 4.79 Å². The van der Waals surface area contributed by atoms with E-state index in [1.807, 2.05) is 0 Å². The third-order valence-electron chi connectivity index (χ3n) is 4.58. The summed E-state index contributed by atoms with van der Waals surface area (Å²) in [6, 6.07) is 10.7. The Balaban J connectivity index is 1.60. The predicted molar refractivity (Wildman–Crippen MR) is 75.6 cm³/mol. The molecule has 1 spiro atoms. The van der Waals surface area contributed by atoms with E-state index in [0.717, 1.165) is 39.0 Å². The Morgan fingerprint density at radius 1 is 1.16 bits per heavy atom. The number of carbonyl (C=O) groups is 1. The quantitative estimate of drug-likeness (QED) is 0.882. The van der Waals surface area contributed by atoms with Gasteiger partial charge in [0.05, 0.1) is 0 Å². The second-order valence-corrected chi connectivity index (χ2v) is 6.07. The number of likely N-dealkylation sites (tertiary alicyclic amines) is 1. The van der Waals surface area contributed by atoms with E-state index in [-0.39, 0.29) is 11.3 Å². The maximum Gasteiger partial charge on any atom is 0.220 e. The number of hydrogen-bond donors (Lipinski definition) is 1. The van der Waals surface area contributed by atoms with Crippen LogP contribution in [0, 0.1) is 5.41 Å². The van der Waals surface area contributed by atoms with Gasteiger partial charge in [-0.3, -0.25) is 9.69 Å². The second kappa shape index (κ2) is 5.33. The minimum atomic E-state index is 0.247. The standard InChI is InChI=1S/C16H22N2O/c19-15-11-16(13-17-15)7-4-9-18(10-8-16)12-14-5-2-1-3-6-14/h1-3,5-6H,4,7-13H2,(H,17,19). The van der Waals surface area contributed by atoms with E-state index in [1.54, 1.807) is 0 Å². The molecule has 0 bridgehead atoms. The average Bonchev–Trinajstić information content (AvgIpc) is 2.67. The van der Waals surface area contributed by atoms with E-state index in [9.17, 15) is 4.79 Å². The van der Waals surface area contributed by atoms with E-state index < -0.39 is 0 Å². The fourth-order valence-corrected chi connectivity index (χ4v) is 3.41. The molecular weight excluding hydrogens is 236 g/mol. The van der Waals surface area contributed by atoms with E-state index in [0.29, 0.717) is 0 Å². The highest BCUT2D eigenvalue weighted by Gasteiger charge is 2.39. The number of nitrogens with zero attached hydrogens (tertiary/aromatic N) is 1. The fourth-order valence-electron chi connectivity index (χ4n) is 3.41. The zero-order chi connectivity index (χ0) is 13.1. The van der Waals surface area contributed by atoms with E-state index in [4.69, 9.17) is 0 Å². The van der Waals surface area contributed by atoms with Crippen molar-refractivity contribution in [2.45, 2.75) is 32.2 Å². The molecule has 3 heteroatoms. The summed E-state index contributed by atoms with van der Waals surface area (Å²) in [6.07, 6.45) is 4.30. The zero-order valence-electron chi connectivity index (χ0n) is 11.4. The Labute approximate surface area is 115 Å². The second-order valence-electron chi connectivity index (χ2n) is 6.07. The lowest BCUT2D eigenvalue weighted by molar-refractivity contribution is -0.119. The van der Waals surface area contributed by atoms with Crippen LogP contribution in [-0.2, 0) is 11.3 Å². The molecule has 3 rings (SSSR count). The smallest absolute Gasteiger partial charge is 0.220 e. The van der Waals surface area contributed by atoms with Gasteiger partial charge in [0.25, 0.3) is 0 Å². The maximum absolute atomic E-state index is 11.5. The van der Waals surface area contributed by atoms with Gasteiger partial charge >= 0.3 is 0 Å². The largest absolute Gasteiger partial charge is 0.356 e. The van der Waals surface area contributed by atoms with Crippen molar-refractivity contribution in [1.82, 2.24) is 10.2 Å². The first-order valence-corrected chi connectivity index (χ1v) is 7.29. The lowest BCUT2D eigenvalue weighted by Crippen LogP contribution is -2.27. The Kier molecular flexibility index (Phi) is 3.56. The van der Waals surface area contributed by atoms with Crippen LogP contribution >= 0.6 is 0 Å². The number of rotatable bonds is 2. The molecule has 1 N–H and O–H groups in total. The monoisotopic (exact) mass is 258 g/mol. The minimum Gasteiger partial charge on any atom is -0.356 e. The summed E-state index contributed by atoms with van der Waals surface area (Å²) in [7, 11) is 0. The van der Waals surface area contributed by atoms with Crippen LogP contribution in [0.4, 0.5) is 0 Å². The van der Waals surface area contributed by atoms with Crippen LogP contribution in [0.1, 0.15) is 31.2 Å². The first-order valence-electron chi connectivity index (χ1n) is 7.29. The van der Waals surface area contributed by atoms with Crippen molar-refractivity contribution in [2.75, 3.05) is 19.6 Å². The van der Waals surface area contributed by atoms with Gasteiger partial charge in [-0.25, -0.2) is 0 Å². The molecule has 0 aromatic heterocycles. The molecule has 102 valence electrons. The van der Waals surface area contributed by atoms with E-state index in [1.165, 1.54) is 18.4 Å². The fraction of sp³-hybridized carbons (Fsp3) is 0.562. The van der Waals surface area contributed by atoms with Crippen LogP contribution < -0.4 is 5.32 Å². The minimum absolute atomic E-state index is 0.247. The zero-order valence-corrected chi connectivity index (χ0v) is 11.4. The summed E-state index contributed by atoms with van der Waals surface area (Å²) in [6.45, 7) is 4.21. The van der Waals surface area contributed by atoms with Gasteiger partial charge in [-0.05, 0) is 43.3 Å². The lowest BCUT2D eigenvalue weighted by Gasteiger charge is -2.25. The molecule has 3 nitrogen and oxygen atoms in total. The van der Waals surface area contributed by atoms with Gasteiger partial charge in [-0.15, -0.1) is 0 Å². The molecular formula is C16H22N2O. The molecule has 0 aliphatic carbocycles. The summed E-state index contributed by atoms with van der Waals surface area (Å²) < 4.78 is 0. The van der Waals surface area contributed by atoms with Crippen LogP contribution in [0.3, 0.4) is 0 Å². The van der Waals surface area contributed by atoms with Crippen LogP contribution in [0.15, 0.2) is 30.3 Å². The van der Waals surface area contributed by atoms with Crippen molar-refractivity contribution in [2.24, 2.45) is 5.41 Å². The maximum atomic E-state index is 11.5. The highest BCUT2D eigenvalue weighted by atomic mass is 16.1. The highest BCUT2D eigenvalue weighted by Crippen LogP contribution is 2.37. The van der Waals surface area contributed by atoms with Crippen LogP contribution in [0.2, 0.25) is 0 Å². The topological polar surface area (TPSA) is 32.3 Å². The van der Waals surface area contributed by atoms with Crippen LogP contribution in [0.5, 0.6) is 0 Å². The van der Waals surface area contributed by atoms with Gasteiger partial charge in [-0.1, -0.05) is 30.3 Å². The Morgan fingerprint density at radius 3 is 2.74 bits per heavy atom. The first-order chi connectivity index (χ1) is 9.26. The van der Waals surface area contributed by atoms with Gasteiger partial charge in [0.1, 0.15) is 0 Å². The summed E-state index contributed by atoms with van der Waals surface area (Å²) in [4.78, 5) is 14.0. The molecule has 0 radical (unpaired) electrons. The number of nitrogens with one attached hydrogen (secondary N) is 1. The van der Waals surface area contributed by atoms with Gasteiger partial charge < -0.3 is 5.32 Å². The Hall–Kier alpha value is -1.35.